The summed E-state index contributed by atoms with van der Waals surface area (Å²) in [5.74, 6) is 1.54. The second-order valence-electron chi connectivity index (χ2n) is 5.20. The molecule has 2 unspecified atom stereocenters. The maximum absolute atomic E-state index is 11.6. The van der Waals surface area contributed by atoms with E-state index >= 15 is 0 Å². The Bertz CT molecular complexity index is 190. The van der Waals surface area contributed by atoms with Crippen LogP contribution in [-0.2, 0) is 4.79 Å². The van der Waals surface area contributed by atoms with Crippen molar-refractivity contribution in [1.82, 2.24) is 5.32 Å². The minimum atomic E-state index is -0.357. The van der Waals surface area contributed by atoms with E-state index in [9.17, 15) is 4.79 Å². The molecule has 0 aromatic heterocycles. The van der Waals surface area contributed by atoms with Crippen molar-refractivity contribution in [3.8, 4) is 0 Å². The van der Waals surface area contributed by atoms with Gasteiger partial charge < -0.3 is 11.1 Å². The number of hydrogen-bond acceptors (Lipinski definition) is 2. The number of hydrogen-bond donors (Lipinski definition) is 2. The van der Waals surface area contributed by atoms with Crippen LogP contribution in [0.4, 0.5) is 0 Å². The zero-order valence-electron chi connectivity index (χ0n) is 10.7. The zero-order chi connectivity index (χ0) is 12.0. The molecule has 0 saturated heterocycles. The van der Waals surface area contributed by atoms with Gasteiger partial charge in [-0.2, -0.15) is 0 Å². The summed E-state index contributed by atoms with van der Waals surface area (Å²) in [5.41, 5.74) is 5.77. The predicted octanol–water partition coefficient (Wildman–Crippen LogP) is 1.77. The summed E-state index contributed by atoms with van der Waals surface area (Å²) in [4.78, 5) is 11.6. The molecule has 0 bridgehead atoms. The summed E-state index contributed by atoms with van der Waals surface area (Å²) < 4.78 is 0. The Hall–Kier alpha value is -0.570. The summed E-state index contributed by atoms with van der Waals surface area (Å²) in [7, 11) is 0. The summed E-state index contributed by atoms with van der Waals surface area (Å²) in [6.45, 7) is 11.3. The Morgan fingerprint density at radius 3 is 2.13 bits per heavy atom. The minimum Gasteiger partial charge on any atom is -0.354 e. The lowest BCUT2D eigenvalue weighted by Gasteiger charge is -2.19. The van der Waals surface area contributed by atoms with E-state index in [1.807, 2.05) is 0 Å². The standard InChI is InChI=1S/C12H26N2O/c1-8(2)6-11(13)12(15)14-7-10(5)9(3)4/h8-11H,6-7,13H2,1-5H3,(H,14,15). The molecule has 1 amide bonds. The summed E-state index contributed by atoms with van der Waals surface area (Å²) >= 11 is 0. The quantitative estimate of drug-likeness (QED) is 0.708. The van der Waals surface area contributed by atoms with Crippen molar-refractivity contribution in [2.24, 2.45) is 23.5 Å². The largest absolute Gasteiger partial charge is 0.354 e. The van der Waals surface area contributed by atoms with Crippen LogP contribution in [0.1, 0.15) is 41.0 Å². The highest BCUT2D eigenvalue weighted by Gasteiger charge is 2.16. The van der Waals surface area contributed by atoms with Gasteiger partial charge >= 0.3 is 0 Å². The van der Waals surface area contributed by atoms with E-state index in [1.165, 1.54) is 0 Å². The first-order chi connectivity index (χ1) is 6.84. The third kappa shape index (κ3) is 6.50. The van der Waals surface area contributed by atoms with Crippen LogP contribution < -0.4 is 11.1 Å². The molecule has 0 aliphatic heterocycles. The van der Waals surface area contributed by atoms with Crippen LogP contribution >= 0.6 is 0 Å². The molecule has 0 fully saturated rings. The SMILES string of the molecule is CC(C)CC(N)C(=O)NCC(C)C(C)C. The number of carbonyl (C=O) groups is 1. The molecule has 0 aromatic rings. The molecule has 0 heterocycles. The average molecular weight is 214 g/mol. The lowest BCUT2D eigenvalue weighted by atomic mass is 9.98. The van der Waals surface area contributed by atoms with Gasteiger partial charge in [0.1, 0.15) is 0 Å². The van der Waals surface area contributed by atoms with Crippen LogP contribution in [0, 0.1) is 17.8 Å². The van der Waals surface area contributed by atoms with Gasteiger partial charge in [0.15, 0.2) is 0 Å². The highest BCUT2D eigenvalue weighted by Crippen LogP contribution is 2.08. The van der Waals surface area contributed by atoms with Crippen molar-refractivity contribution in [3.05, 3.63) is 0 Å². The van der Waals surface area contributed by atoms with Gasteiger partial charge in [0.05, 0.1) is 6.04 Å². The highest BCUT2D eigenvalue weighted by molar-refractivity contribution is 5.81. The molecule has 15 heavy (non-hydrogen) atoms. The zero-order valence-corrected chi connectivity index (χ0v) is 10.7. The van der Waals surface area contributed by atoms with Crippen molar-refractivity contribution >= 4 is 5.91 Å². The second-order valence-corrected chi connectivity index (χ2v) is 5.20. The van der Waals surface area contributed by atoms with Crippen LogP contribution in [0.15, 0.2) is 0 Å². The van der Waals surface area contributed by atoms with E-state index in [0.29, 0.717) is 17.8 Å². The van der Waals surface area contributed by atoms with E-state index < -0.39 is 0 Å². The van der Waals surface area contributed by atoms with Crippen LogP contribution in [0.2, 0.25) is 0 Å². The van der Waals surface area contributed by atoms with Gasteiger partial charge in [0.2, 0.25) is 5.91 Å². The Kier molecular flexibility index (Phi) is 6.57. The van der Waals surface area contributed by atoms with Crippen LogP contribution in [0.25, 0.3) is 0 Å². The van der Waals surface area contributed by atoms with E-state index in [1.54, 1.807) is 0 Å². The molecule has 0 aliphatic carbocycles. The van der Waals surface area contributed by atoms with Gasteiger partial charge in [0, 0.05) is 6.54 Å². The Balaban J connectivity index is 3.83. The Morgan fingerprint density at radius 2 is 1.73 bits per heavy atom. The molecular weight excluding hydrogens is 188 g/mol. The second kappa shape index (κ2) is 6.83. The van der Waals surface area contributed by atoms with Gasteiger partial charge in [0.25, 0.3) is 0 Å². The van der Waals surface area contributed by atoms with Crippen LogP contribution in [-0.4, -0.2) is 18.5 Å². The van der Waals surface area contributed by atoms with Crippen molar-refractivity contribution in [3.63, 3.8) is 0 Å². The summed E-state index contributed by atoms with van der Waals surface area (Å²) in [6, 6.07) is -0.357. The van der Waals surface area contributed by atoms with E-state index in [-0.39, 0.29) is 11.9 Å². The van der Waals surface area contributed by atoms with E-state index in [4.69, 9.17) is 5.73 Å². The molecular formula is C12H26N2O. The number of nitrogens with two attached hydrogens (primary N) is 1. The first-order valence-electron chi connectivity index (χ1n) is 5.87. The highest BCUT2D eigenvalue weighted by atomic mass is 16.2. The Labute approximate surface area is 93.8 Å². The molecule has 3 nitrogen and oxygen atoms in total. The number of carbonyl (C=O) groups excluding carboxylic acids is 1. The fourth-order valence-corrected chi connectivity index (χ4v) is 1.24. The van der Waals surface area contributed by atoms with Crippen LogP contribution in [0.3, 0.4) is 0 Å². The smallest absolute Gasteiger partial charge is 0.236 e. The summed E-state index contributed by atoms with van der Waals surface area (Å²) in [5, 5.41) is 2.90. The lowest BCUT2D eigenvalue weighted by molar-refractivity contribution is -0.122. The first kappa shape index (κ1) is 14.4. The molecule has 3 heteroatoms. The maximum Gasteiger partial charge on any atom is 0.236 e. The van der Waals surface area contributed by atoms with Crippen LogP contribution in [0.5, 0.6) is 0 Å². The molecule has 0 radical (unpaired) electrons. The first-order valence-corrected chi connectivity index (χ1v) is 5.87. The van der Waals surface area contributed by atoms with Gasteiger partial charge in [-0.15, -0.1) is 0 Å². The monoisotopic (exact) mass is 214 g/mol. The van der Waals surface area contributed by atoms with Crippen molar-refractivity contribution in [2.75, 3.05) is 6.54 Å². The fourth-order valence-electron chi connectivity index (χ4n) is 1.24. The molecule has 90 valence electrons. The van der Waals surface area contributed by atoms with E-state index in [0.717, 1.165) is 13.0 Å². The minimum absolute atomic E-state index is 0.0174. The third-order valence-corrected chi connectivity index (χ3v) is 2.80. The number of nitrogens with one attached hydrogen (secondary N) is 1. The maximum atomic E-state index is 11.6. The van der Waals surface area contributed by atoms with Gasteiger partial charge in [-0.25, -0.2) is 0 Å². The van der Waals surface area contributed by atoms with Gasteiger partial charge in [-0.05, 0) is 24.2 Å². The fraction of sp³-hybridized carbons (Fsp3) is 0.917. The van der Waals surface area contributed by atoms with Crippen molar-refractivity contribution in [2.45, 2.75) is 47.1 Å². The third-order valence-electron chi connectivity index (χ3n) is 2.80. The van der Waals surface area contributed by atoms with Gasteiger partial charge in [-0.1, -0.05) is 34.6 Å². The molecule has 0 aliphatic rings. The average Bonchev–Trinajstić information content (AvgIpc) is 2.12. The summed E-state index contributed by atoms with van der Waals surface area (Å²) in [6.07, 6.45) is 0.752. The van der Waals surface area contributed by atoms with E-state index in [2.05, 4.69) is 39.9 Å². The number of amides is 1. The van der Waals surface area contributed by atoms with Crippen molar-refractivity contribution < 1.29 is 4.79 Å². The van der Waals surface area contributed by atoms with Gasteiger partial charge in [-0.3, -0.25) is 4.79 Å². The predicted molar refractivity (Wildman–Crippen MR) is 64.4 cm³/mol. The van der Waals surface area contributed by atoms with Crippen molar-refractivity contribution in [1.29, 1.82) is 0 Å². The normalized spacial score (nSPS) is 15.5. The molecule has 3 N–H and O–H groups in total. The lowest BCUT2D eigenvalue weighted by Crippen LogP contribution is -2.43. The molecule has 0 saturated carbocycles. The number of rotatable bonds is 6. The molecule has 0 aromatic carbocycles. The molecule has 2 atom stereocenters. The Morgan fingerprint density at radius 1 is 1.20 bits per heavy atom. The topological polar surface area (TPSA) is 55.1 Å². The molecule has 0 spiro atoms. The molecule has 0 rings (SSSR count).